The van der Waals surface area contributed by atoms with Crippen molar-refractivity contribution in [1.82, 2.24) is 9.88 Å². The first-order valence-corrected chi connectivity index (χ1v) is 6.42. The summed E-state index contributed by atoms with van der Waals surface area (Å²) in [4.78, 5) is 17.0. The Morgan fingerprint density at radius 3 is 2.45 bits per heavy atom. The second-order valence-corrected chi connectivity index (χ2v) is 4.37. The molecule has 0 saturated heterocycles. The monoisotopic (exact) mass is 309 g/mol. The van der Waals surface area contributed by atoms with Gasteiger partial charge in [-0.25, -0.2) is 4.98 Å². The zero-order valence-electron chi connectivity index (χ0n) is 11.1. The molecule has 0 fully saturated rings. The van der Waals surface area contributed by atoms with Crippen molar-refractivity contribution in [3.05, 3.63) is 22.8 Å². The molecule has 1 aromatic heterocycles. The molecule has 1 amide bonds. The molecular formula is C12H15ClF3N3O. The number of carbonyl (C=O) groups excluding carboxylic acids is 1. The fourth-order valence-corrected chi connectivity index (χ4v) is 1.81. The van der Waals surface area contributed by atoms with Gasteiger partial charge in [-0.1, -0.05) is 11.6 Å². The van der Waals surface area contributed by atoms with Crippen LogP contribution < -0.4 is 5.32 Å². The van der Waals surface area contributed by atoms with Crippen LogP contribution in [-0.2, 0) is 11.0 Å². The number of nitrogens with zero attached hydrogens (tertiary/aromatic N) is 2. The average Bonchev–Trinajstić information content (AvgIpc) is 2.36. The van der Waals surface area contributed by atoms with Gasteiger partial charge in [-0.15, -0.1) is 0 Å². The van der Waals surface area contributed by atoms with Gasteiger partial charge < -0.3 is 10.2 Å². The van der Waals surface area contributed by atoms with Gasteiger partial charge in [0, 0.05) is 13.1 Å². The van der Waals surface area contributed by atoms with Gasteiger partial charge in [0.1, 0.15) is 11.0 Å². The van der Waals surface area contributed by atoms with E-state index in [2.05, 4.69) is 10.3 Å². The van der Waals surface area contributed by atoms with E-state index in [1.54, 1.807) is 4.90 Å². The molecule has 1 heterocycles. The van der Waals surface area contributed by atoms with E-state index in [0.29, 0.717) is 13.1 Å². The molecule has 1 N–H and O–H groups in total. The van der Waals surface area contributed by atoms with Crippen LogP contribution in [0, 0.1) is 0 Å². The molecule has 0 saturated carbocycles. The fourth-order valence-electron chi connectivity index (χ4n) is 1.61. The minimum Gasteiger partial charge on any atom is -0.361 e. The first-order valence-electron chi connectivity index (χ1n) is 6.04. The molecule has 8 heteroatoms. The quantitative estimate of drug-likeness (QED) is 0.850. The second kappa shape index (κ2) is 6.78. The Morgan fingerprint density at radius 1 is 1.35 bits per heavy atom. The number of hydrogen-bond acceptors (Lipinski definition) is 3. The summed E-state index contributed by atoms with van der Waals surface area (Å²) in [5, 5.41) is 2.28. The van der Waals surface area contributed by atoms with E-state index >= 15 is 0 Å². The third-order valence-electron chi connectivity index (χ3n) is 2.66. The van der Waals surface area contributed by atoms with Crippen molar-refractivity contribution >= 4 is 23.3 Å². The number of amides is 1. The molecule has 0 unspecified atom stereocenters. The van der Waals surface area contributed by atoms with Gasteiger partial charge in [0.15, 0.2) is 0 Å². The molecule has 112 valence electrons. The maximum Gasteiger partial charge on any atom is 0.416 e. The van der Waals surface area contributed by atoms with Crippen LogP contribution in [0.5, 0.6) is 0 Å². The number of pyridine rings is 1. The Bertz CT molecular complexity index is 476. The SMILES string of the molecule is CCN(CC)C(=O)CNc1cc(C(F)(F)F)cc(Cl)n1. The summed E-state index contributed by atoms with van der Waals surface area (Å²) in [6.45, 7) is 4.58. The molecule has 0 bridgehead atoms. The standard InChI is InChI=1S/C12H15ClF3N3O/c1-3-19(4-2)11(20)7-17-10-6-8(12(14,15)16)5-9(13)18-10/h5-6H,3-4,7H2,1-2H3,(H,17,18). The average molecular weight is 310 g/mol. The maximum absolute atomic E-state index is 12.6. The number of anilines is 1. The molecule has 0 spiro atoms. The van der Waals surface area contributed by atoms with E-state index in [0.717, 1.165) is 12.1 Å². The molecule has 0 radical (unpaired) electrons. The third-order valence-corrected chi connectivity index (χ3v) is 2.85. The Kier molecular flexibility index (Phi) is 5.62. The highest BCUT2D eigenvalue weighted by molar-refractivity contribution is 6.29. The minimum atomic E-state index is -4.51. The van der Waals surface area contributed by atoms with Crippen molar-refractivity contribution < 1.29 is 18.0 Å². The number of halogens is 4. The van der Waals surface area contributed by atoms with Crippen LogP contribution >= 0.6 is 11.6 Å². The first-order chi connectivity index (χ1) is 9.27. The number of likely N-dealkylation sites (N-methyl/N-ethyl adjacent to an activating group) is 1. The molecule has 0 aromatic carbocycles. The van der Waals surface area contributed by atoms with Crippen LogP contribution in [0.1, 0.15) is 19.4 Å². The number of aromatic nitrogens is 1. The summed E-state index contributed by atoms with van der Waals surface area (Å²) < 4.78 is 37.8. The van der Waals surface area contributed by atoms with E-state index in [4.69, 9.17) is 11.6 Å². The summed E-state index contributed by atoms with van der Waals surface area (Å²) in [5.41, 5.74) is -0.907. The van der Waals surface area contributed by atoms with Gasteiger partial charge in [0.2, 0.25) is 5.91 Å². The van der Waals surface area contributed by atoms with Gasteiger partial charge in [-0.3, -0.25) is 4.79 Å². The second-order valence-electron chi connectivity index (χ2n) is 3.98. The van der Waals surface area contributed by atoms with Crippen LogP contribution in [0.3, 0.4) is 0 Å². The highest BCUT2D eigenvalue weighted by atomic mass is 35.5. The lowest BCUT2D eigenvalue weighted by Gasteiger charge is -2.19. The van der Waals surface area contributed by atoms with Crippen molar-refractivity contribution in [2.45, 2.75) is 20.0 Å². The molecule has 20 heavy (non-hydrogen) atoms. The van der Waals surface area contributed by atoms with E-state index in [9.17, 15) is 18.0 Å². The highest BCUT2D eigenvalue weighted by Crippen LogP contribution is 2.31. The lowest BCUT2D eigenvalue weighted by atomic mass is 10.2. The summed E-state index contributed by atoms with van der Waals surface area (Å²) in [6.07, 6.45) is -4.51. The lowest BCUT2D eigenvalue weighted by molar-refractivity contribution is -0.137. The smallest absolute Gasteiger partial charge is 0.361 e. The minimum absolute atomic E-state index is 0.0784. The summed E-state index contributed by atoms with van der Waals surface area (Å²) >= 11 is 5.54. The predicted octanol–water partition coefficient (Wildman–Crippen LogP) is 3.03. The number of alkyl halides is 3. The Hall–Kier alpha value is -1.50. The third kappa shape index (κ3) is 4.56. The van der Waals surface area contributed by atoms with E-state index < -0.39 is 11.7 Å². The molecule has 1 rings (SSSR count). The van der Waals surface area contributed by atoms with E-state index in [1.807, 2.05) is 13.8 Å². The van der Waals surface area contributed by atoms with Gasteiger partial charge >= 0.3 is 6.18 Å². The van der Waals surface area contributed by atoms with Crippen molar-refractivity contribution in [1.29, 1.82) is 0 Å². The van der Waals surface area contributed by atoms with Crippen LogP contribution in [0.15, 0.2) is 12.1 Å². The van der Waals surface area contributed by atoms with Gasteiger partial charge in [-0.2, -0.15) is 13.2 Å². The number of carbonyl (C=O) groups is 1. The molecule has 0 aliphatic carbocycles. The zero-order chi connectivity index (χ0) is 15.3. The number of rotatable bonds is 5. The molecule has 0 aliphatic rings. The van der Waals surface area contributed by atoms with Gasteiger partial charge in [-0.05, 0) is 26.0 Å². The molecule has 0 atom stereocenters. The Balaban J connectivity index is 2.79. The van der Waals surface area contributed by atoms with Crippen molar-refractivity contribution in [3.63, 3.8) is 0 Å². The number of nitrogens with one attached hydrogen (secondary N) is 1. The van der Waals surface area contributed by atoms with Crippen LogP contribution in [0.25, 0.3) is 0 Å². The normalized spacial score (nSPS) is 11.3. The molecule has 1 aromatic rings. The van der Waals surface area contributed by atoms with Gasteiger partial charge in [0.25, 0.3) is 0 Å². The molecule has 4 nitrogen and oxygen atoms in total. The molecular weight excluding hydrogens is 295 g/mol. The summed E-state index contributed by atoms with van der Waals surface area (Å²) in [6, 6.07) is 1.56. The summed E-state index contributed by atoms with van der Waals surface area (Å²) in [7, 11) is 0. The van der Waals surface area contributed by atoms with Crippen LogP contribution in [-0.4, -0.2) is 35.4 Å². The van der Waals surface area contributed by atoms with E-state index in [1.165, 1.54) is 0 Å². The van der Waals surface area contributed by atoms with E-state index in [-0.39, 0.29) is 23.4 Å². The topological polar surface area (TPSA) is 45.2 Å². The van der Waals surface area contributed by atoms with Crippen molar-refractivity contribution in [2.75, 3.05) is 25.0 Å². The largest absolute Gasteiger partial charge is 0.416 e. The molecule has 0 aliphatic heterocycles. The van der Waals surface area contributed by atoms with Crippen LogP contribution in [0.2, 0.25) is 5.15 Å². The number of hydrogen-bond donors (Lipinski definition) is 1. The van der Waals surface area contributed by atoms with Gasteiger partial charge in [0.05, 0.1) is 12.1 Å². The fraction of sp³-hybridized carbons (Fsp3) is 0.500. The first kappa shape index (κ1) is 16.6. The summed E-state index contributed by atoms with van der Waals surface area (Å²) in [5.74, 6) is -0.296. The highest BCUT2D eigenvalue weighted by Gasteiger charge is 2.31. The van der Waals surface area contributed by atoms with Crippen molar-refractivity contribution in [3.8, 4) is 0 Å². The Morgan fingerprint density at radius 2 is 1.95 bits per heavy atom. The maximum atomic E-state index is 12.6. The Labute approximate surface area is 119 Å². The zero-order valence-corrected chi connectivity index (χ0v) is 11.8. The van der Waals surface area contributed by atoms with Crippen LogP contribution in [0.4, 0.5) is 19.0 Å². The predicted molar refractivity (Wildman–Crippen MR) is 70.7 cm³/mol. The van der Waals surface area contributed by atoms with Crippen molar-refractivity contribution in [2.24, 2.45) is 0 Å². The lowest BCUT2D eigenvalue weighted by Crippen LogP contribution is -2.35.